The summed E-state index contributed by atoms with van der Waals surface area (Å²) in [5, 5.41) is 12.7. The smallest absolute Gasteiger partial charge is 0.196 e. The van der Waals surface area contributed by atoms with Crippen LogP contribution in [-0.2, 0) is 0 Å². The molecule has 1 heterocycles. The third kappa shape index (κ3) is 3.19. The number of hydrogen-bond acceptors (Lipinski definition) is 5. The predicted octanol–water partition coefficient (Wildman–Crippen LogP) is 4.49. The molecule has 0 unspecified atom stereocenters. The molecule has 116 valence electrons. The maximum Gasteiger partial charge on any atom is 0.196 e. The fraction of sp³-hybridized carbons (Fsp3) is 0.0556. The van der Waals surface area contributed by atoms with Crippen LogP contribution < -0.4 is 9.47 Å². The molecule has 3 rings (SSSR count). The number of methoxy groups -OCH3 is 1. The molecule has 0 atom stereocenters. The first-order chi connectivity index (χ1) is 11.2. The Morgan fingerprint density at radius 3 is 2.48 bits per heavy atom. The van der Waals surface area contributed by atoms with Crippen molar-refractivity contribution in [3.05, 3.63) is 71.1 Å². The number of rotatable bonds is 5. The summed E-state index contributed by atoms with van der Waals surface area (Å²) in [5.74, 6) is 0.323. The van der Waals surface area contributed by atoms with Gasteiger partial charge in [-0.15, -0.1) is 11.3 Å². The number of ether oxygens (including phenoxy) is 2. The number of benzene rings is 2. The molecular formula is C18H14O4S. The van der Waals surface area contributed by atoms with E-state index in [1.807, 2.05) is 23.6 Å². The Morgan fingerprint density at radius 2 is 1.83 bits per heavy atom. The molecule has 3 aromatic rings. The van der Waals surface area contributed by atoms with Crippen LogP contribution in [0.15, 0.2) is 60.0 Å². The zero-order valence-corrected chi connectivity index (χ0v) is 13.2. The maximum absolute atomic E-state index is 12.6. The molecule has 0 aliphatic heterocycles. The highest BCUT2D eigenvalue weighted by Gasteiger charge is 2.18. The van der Waals surface area contributed by atoms with E-state index < -0.39 is 0 Å². The Kier molecular flexibility index (Phi) is 4.30. The Labute approximate surface area is 137 Å². The van der Waals surface area contributed by atoms with Crippen LogP contribution >= 0.6 is 11.3 Å². The van der Waals surface area contributed by atoms with Crippen LogP contribution in [0.5, 0.6) is 22.3 Å². The third-order valence-corrected chi connectivity index (χ3v) is 4.01. The normalized spacial score (nSPS) is 10.3. The summed E-state index contributed by atoms with van der Waals surface area (Å²) in [6, 6.07) is 15.3. The van der Waals surface area contributed by atoms with Crippen LogP contribution in [0.1, 0.15) is 15.9 Å². The van der Waals surface area contributed by atoms with Gasteiger partial charge in [-0.1, -0.05) is 30.3 Å². The van der Waals surface area contributed by atoms with Crippen molar-refractivity contribution in [2.45, 2.75) is 0 Å². The quantitative estimate of drug-likeness (QED) is 0.702. The van der Waals surface area contributed by atoms with Crippen molar-refractivity contribution in [3.8, 4) is 22.3 Å². The lowest BCUT2D eigenvalue weighted by Gasteiger charge is -2.12. The summed E-state index contributed by atoms with van der Waals surface area (Å²) in [5.41, 5.74) is 0.665. The first-order valence-electron chi connectivity index (χ1n) is 6.91. The number of phenolic OH excluding ortho intramolecular Hbond substituents is 1. The summed E-state index contributed by atoms with van der Waals surface area (Å²) in [6.07, 6.45) is 0. The van der Waals surface area contributed by atoms with E-state index in [9.17, 15) is 9.90 Å². The summed E-state index contributed by atoms with van der Waals surface area (Å²) >= 11 is 1.43. The Morgan fingerprint density at radius 1 is 1.04 bits per heavy atom. The van der Waals surface area contributed by atoms with Gasteiger partial charge in [-0.25, -0.2) is 0 Å². The van der Waals surface area contributed by atoms with Gasteiger partial charge >= 0.3 is 0 Å². The fourth-order valence-electron chi connectivity index (χ4n) is 2.15. The van der Waals surface area contributed by atoms with E-state index in [2.05, 4.69) is 0 Å². The van der Waals surface area contributed by atoms with Crippen molar-refractivity contribution in [3.63, 3.8) is 0 Å². The molecular weight excluding hydrogens is 312 g/mol. The SMILES string of the molecule is COc1cc(O)c(C(=O)c2ccccc2)cc1Oc1cccs1. The molecule has 1 aromatic heterocycles. The highest BCUT2D eigenvalue weighted by molar-refractivity contribution is 7.11. The van der Waals surface area contributed by atoms with Gasteiger partial charge in [0.25, 0.3) is 0 Å². The second-order valence-corrected chi connectivity index (χ2v) is 5.66. The lowest BCUT2D eigenvalue weighted by Crippen LogP contribution is -2.02. The number of thiophene rings is 1. The highest BCUT2D eigenvalue weighted by atomic mass is 32.1. The molecule has 0 saturated carbocycles. The maximum atomic E-state index is 12.6. The molecule has 5 heteroatoms. The van der Waals surface area contributed by atoms with Gasteiger partial charge < -0.3 is 14.6 Å². The first-order valence-corrected chi connectivity index (χ1v) is 7.79. The van der Waals surface area contributed by atoms with Crippen LogP contribution in [0, 0.1) is 0 Å². The van der Waals surface area contributed by atoms with Gasteiger partial charge in [0.05, 0.1) is 12.7 Å². The van der Waals surface area contributed by atoms with Crippen LogP contribution in [-0.4, -0.2) is 18.0 Å². The van der Waals surface area contributed by atoms with E-state index in [0.29, 0.717) is 22.1 Å². The number of carbonyl (C=O) groups excluding carboxylic acids is 1. The van der Waals surface area contributed by atoms with Crippen molar-refractivity contribution in [2.75, 3.05) is 7.11 Å². The molecule has 0 fully saturated rings. The Bertz CT molecular complexity index is 811. The van der Waals surface area contributed by atoms with Crippen molar-refractivity contribution >= 4 is 17.1 Å². The van der Waals surface area contributed by atoms with Crippen molar-refractivity contribution in [1.82, 2.24) is 0 Å². The number of hydrogen-bond donors (Lipinski definition) is 1. The van der Waals surface area contributed by atoms with Crippen molar-refractivity contribution in [2.24, 2.45) is 0 Å². The minimum atomic E-state index is -0.276. The van der Waals surface area contributed by atoms with Crippen molar-refractivity contribution in [1.29, 1.82) is 0 Å². The largest absolute Gasteiger partial charge is 0.507 e. The molecule has 0 aliphatic rings. The van der Waals surface area contributed by atoms with Gasteiger partial charge in [0.2, 0.25) is 0 Å². The minimum absolute atomic E-state index is 0.144. The van der Waals surface area contributed by atoms with Gasteiger partial charge in [0.1, 0.15) is 5.75 Å². The van der Waals surface area contributed by atoms with Gasteiger partial charge in [0.15, 0.2) is 22.3 Å². The number of ketones is 1. The number of aromatic hydroxyl groups is 1. The average Bonchev–Trinajstić information content (AvgIpc) is 3.09. The van der Waals surface area contributed by atoms with Crippen LogP contribution in [0.2, 0.25) is 0 Å². The minimum Gasteiger partial charge on any atom is -0.507 e. The summed E-state index contributed by atoms with van der Waals surface area (Å²) in [4.78, 5) is 12.6. The predicted molar refractivity (Wildman–Crippen MR) is 88.9 cm³/mol. The molecule has 23 heavy (non-hydrogen) atoms. The van der Waals surface area contributed by atoms with E-state index in [1.165, 1.54) is 30.6 Å². The molecule has 0 spiro atoms. The fourth-order valence-corrected chi connectivity index (χ4v) is 2.73. The molecule has 1 N–H and O–H groups in total. The van der Waals surface area contributed by atoms with Crippen LogP contribution in [0.4, 0.5) is 0 Å². The Balaban J connectivity index is 2.02. The van der Waals surface area contributed by atoms with E-state index >= 15 is 0 Å². The molecule has 2 aromatic carbocycles. The van der Waals surface area contributed by atoms with Gasteiger partial charge in [-0.2, -0.15) is 0 Å². The first kappa shape index (κ1) is 15.1. The standard InChI is InChI=1S/C18H14O4S/c1-21-15-11-14(19)13(18(20)12-6-3-2-4-7-12)10-16(15)22-17-8-5-9-23-17/h2-11,19H,1H3. The monoisotopic (exact) mass is 326 g/mol. The lowest BCUT2D eigenvalue weighted by molar-refractivity contribution is 0.103. The van der Waals surface area contributed by atoms with E-state index in [0.717, 1.165) is 0 Å². The average molecular weight is 326 g/mol. The molecule has 0 aliphatic carbocycles. The Hall–Kier alpha value is -2.79. The van der Waals surface area contributed by atoms with Crippen molar-refractivity contribution < 1.29 is 19.4 Å². The summed E-state index contributed by atoms with van der Waals surface area (Å²) in [7, 11) is 1.48. The number of carbonyl (C=O) groups is 1. The molecule has 0 saturated heterocycles. The third-order valence-electron chi connectivity index (χ3n) is 3.27. The van der Waals surface area contributed by atoms with E-state index in [-0.39, 0.29) is 17.1 Å². The molecule has 0 radical (unpaired) electrons. The number of phenols is 1. The van der Waals surface area contributed by atoms with Crippen LogP contribution in [0.25, 0.3) is 0 Å². The van der Waals surface area contributed by atoms with E-state index in [1.54, 1.807) is 24.3 Å². The zero-order valence-electron chi connectivity index (χ0n) is 12.4. The van der Waals surface area contributed by atoms with Crippen LogP contribution in [0.3, 0.4) is 0 Å². The molecule has 4 nitrogen and oxygen atoms in total. The molecule has 0 amide bonds. The van der Waals surface area contributed by atoms with Gasteiger partial charge in [-0.05, 0) is 23.6 Å². The zero-order chi connectivity index (χ0) is 16.2. The second-order valence-electron chi connectivity index (χ2n) is 4.75. The van der Waals surface area contributed by atoms with Gasteiger partial charge in [-0.3, -0.25) is 4.79 Å². The molecule has 0 bridgehead atoms. The summed E-state index contributed by atoms with van der Waals surface area (Å²) in [6.45, 7) is 0. The summed E-state index contributed by atoms with van der Waals surface area (Å²) < 4.78 is 11.0. The highest BCUT2D eigenvalue weighted by Crippen LogP contribution is 2.38. The second kappa shape index (κ2) is 6.54. The van der Waals surface area contributed by atoms with Gasteiger partial charge in [0, 0.05) is 11.6 Å². The topological polar surface area (TPSA) is 55.8 Å². The van der Waals surface area contributed by atoms with E-state index in [4.69, 9.17) is 9.47 Å². The lowest BCUT2D eigenvalue weighted by atomic mass is 10.0.